The minimum atomic E-state index is -0.604. The lowest BCUT2D eigenvalue weighted by Crippen LogP contribution is -2.28. The molecule has 17 heavy (non-hydrogen) atoms. The number of benzene rings is 1. The molecular formula is C12H14FNO3. The zero-order valence-corrected chi connectivity index (χ0v) is 9.28. The van der Waals surface area contributed by atoms with E-state index in [0.717, 1.165) is 6.07 Å². The van der Waals surface area contributed by atoms with Crippen LogP contribution in [-0.2, 0) is 11.4 Å². The quantitative estimate of drug-likeness (QED) is 0.728. The predicted octanol–water partition coefficient (Wildman–Crippen LogP) is 0.999. The number of hydrogen-bond donors (Lipinski definition) is 2. The summed E-state index contributed by atoms with van der Waals surface area (Å²) in [5, 5.41) is 11.3. The van der Waals surface area contributed by atoms with Crippen molar-refractivity contribution in [3.63, 3.8) is 0 Å². The normalized spacial score (nSPS) is 9.76. The molecule has 0 aliphatic heterocycles. The largest absolute Gasteiger partial charge is 0.481 e. The SMILES string of the molecule is C=CCNC(=O)COc1ccc(CO)cc1F. The Morgan fingerprint density at radius 1 is 1.59 bits per heavy atom. The van der Waals surface area contributed by atoms with Gasteiger partial charge in [-0.1, -0.05) is 12.1 Å². The van der Waals surface area contributed by atoms with Crippen LogP contribution >= 0.6 is 0 Å². The van der Waals surface area contributed by atoms with Gasteiger partial charge in [0.2, 0.25) is 0 Å². The Morgan fingerprint density at radius 3 is 2.94 bits per heavy atom. The molecule has 1 aromatic carbocycles. The van der Waals surface area contributed by atoms with Gasteiger partial charge in [0.15, 0.2) is 18.2 Å². The van der Waals surface area contributed by atoms with E-state index in [1.54, 1.807) is 0 Å². The van der Waals surface area contributed by atoms with Crippen LogP contribution in [0.3, 0.4) is 0 Å². The molecule has 0 bridgehead atoms. The number of halogens is 1. The summed E-state index contributed by atoms with van der Waals surface area (Å²) in [6, 6.07) is 4.07. The van der Waals surface area contributed by atoms with Crippen LogP contribution < -0.4 is 10.1 Å². The van der Waals surface area contributed by atoms with Crippen LogP contribution in [0.4, 0.5) is 4.39 Å². The van der Waals surface area contributed by atoms with Gasteiger partial charge >= 0.3 is 0 Å². The van der Waals surface area contributed by atoms with Gasteiger partial charge < -0.3 is 15.2 Å². The molecule has 2 N–H and O–H groups in total. The highest BCUT2D eigenvalue weighted by molar-refractivity contribution is 5.77. The van der Waals surface area contributed by atoms with Crippen molar-refractivity contribution in [1.29, 1.82) is 0 Å². The molecule has 0 atom stereocenters. The molecule has 0 aliphatic rings. The smallest absolute Gasteiger partial charge is 0.258 e. The van der Waals surface area contributed by atoms with E-state index in [4.69, 9.17) is 9.84 Å². The molecule has 1 amide bonds. The highest BCUT2D eigenvalue weighted by Gasteiger charge is 2.06. The molecule has 0 saturated heterocycles. The third kappa shape index (κ3) is 4.24. The summed E-state index contributed by atoms with van der Waals surface area (Å²) in [6.07, 6.45) is 1.54. The first kappa shape index (κ1) is 13.2. The summed E-state index contributed by atoms with van der Waals surface area (Å²) in [7, 11) is 0. The number of carbonyl (C=O) groups excluding carboxylic acids is 1. The van der Waals surface area contributed by atoms with Crippen LogP contribution in [0.25, 0.3) is 0 Å². The van der Waals surface area contributed by atoms with Crippen molar-refractivity contribution in [2.24, 2.45) is 0 Å². The molecule has 92 valence electrons. The average Bonchev–Trinajstić information content (AvgIpc) is 2.34. The van der Waals surface area contributed by atoms with E-state index in [-0.39, 0.29) is 24.9 Å². The van der Waals surface area contributed by atoms with Crippen molar-refractivity contribution in [3.8, 4) is 5.75 Å². The number of carbonyl (C=O) groups is 1. The Bertz CT molecular complexity index is 407. The van der Waals surface area contributed by atoms with E-state index in [9.17, 15) is 9.18 Å². The fourth-order valence-electron chi connectivity index (χ4n) is 1.14. The van der Waals surface area contributed by atoms with E-state index in [1.807, 2.05) is 0 Å². The second-order valence-corrected chi connectivity index (χ2v) is 3.30. The second kappa shape index (κ2) is 6.65. The van der Waals surface area contributed by atoms with Gasteiger partial charge in [-0.05, 0) is 17.7 Å². The zero-order chi connectivity index (χ0) is 12.7. The molecule has 0 aromatic heterocycles. The lowest BCUT2D eigenvalue weighted by molar-refractivity contribution is -0.122. The van der Waals surface area contributed by atoms with Crippen molar-refractivity contribution in [1.82, 2.24) is 5.32 Å². The summed E-state index contributed by atoms with van der Waals surface area (Å²) in [5.74, 6) is -0.973. The fourth-order valence-corrected chi connectivity index (χ4v) is 1.14. The van der Waals surface area contributed by atoms with Crippen molar-refractivity contribution in [3.05, 3.63) is 42.2 Å². The van der Waals surface area contributed by atoms with Gasteiger partial charge in [-0.3, -0.25) is 4.79 Å². The van der Waals surface area contributed by atoms with Crippen LogP contribution in [0, 0.1) is 5.82 Å². The molecule has 0 fully saturated rings. The highest BCUT2D eigenvalue weighted by atomic mass is 19.1. The third-order valence-corrected chi connectivity index (χ3v) is 1.98. The molecule has 4 nitrogen and oxygen atoms in total. The number of aliphatic hydroxyl groups is 1. The number of ether oxygens (including phenoxy) is 1. The van der Waals surface area contributed by atoms with Crippen molar-refractivity contribution in [2.75, 3.05) is 13.2 Å². The Kier molecular flexibility index (Phi) is 5.16. The van der Waals surface area contributed by atoms with E-state index < -0.39 is 5.82 Å². The molecule has 0 heterocycles. The monoisotopic (exact) mass is 239 g/mol. The molecule has 0 unspecified atom stereocenters. The van der Waals surface area contributed by atoms with Gasteiger partial charge in [0.1, 0.15) is 0 Å². The molecular weight excluding hydrogens is 225 g/mol. The molecule has 1 aromatic rings. The lowest BCUT2D eigenvalue weighted by Gasteiger charge is -2.07. The van der Waals surface area contributed by atoms with Gasteiger partial charge in [-0.15, -0.1) is 6.58 Å². The first-order valence-electron chi connectivity index (χ1n) is 5.07. The van der Waals surface area contributed by atoms with Gasteiger partial charge in [0.25, 0.3) is 5.91 Å². The van der Waals surface area contributed by atoms with E-state index >= 15 is 0 Å². The number of amides is 1. The number of nitrogens with one attached hydrogen (secondary N) is 1. The van der Waals surface area contributed by atoms with Crippen LogP contribution in [0.15, 0.2) is 30.9 Å². The highest BCUT2D eigenvalue weighted by Crippen LogP contribution is 2.18. The number of aliphatic hydroxyl groups excluding tert-OH is 1. The van der Waals surface area contributed by atoms with Crippen LogP contribution in [-0.4, -0.2) is 24.2 Å². The third-order valence-electron chi connectivity index (χ3n) is 1.98. The maximum atomic E-state index is 13.4. The van der Waals surface area contributed by atoms with E-state index in [2.05, 4.69) is 11.9 Å². The predicted molar refractivity (Wildman–Crippen MR) is 61.0 cm³/mol. The first-order valence-corrected chi connectivity index (χ1v) is 5.07. The Hall–Kier alpha value is -1.88. The zero-order valence-electron chi connectivity index (χ0n) is 9.28. The minimum Gasteiger partial charge on any atom is -0.481 e. The van der Waals surface area contributed by atoms with Gasteiger partial charge in [-0.2, -0.15) is 0 Å². The Balaban J connectivity index is 2.51. The van der Waals surface area contributed by atoms with Crippen LogP contribution in [0.5, 0.6) is 5.75 Å². The Morgan fingerprint density at radius 2 is 2.35 bits per heavy atom. The molecule has 0 aliphatic carbocycles. The second-order valence-electron chi connectivity index (χ2n) is 3.30. The van der Waals surface area contributed by atoms with Crippen LogP contribution in [0.1, 0.15) is 5.56 Å². The summed E-state index contributed by atoms with van der Waals surface area (Å²) in [6.45, 7) is 3.29. The first-order chi connectivity index (χ1) is 8.17. The Labute approximate surface area is 98.7 Å². The lowest BCUT2D eigenvalue weighted by atomic mass is 10.2. The maximum absolute atomic E-state index is 13.4. The maximum Gasteiger partial charge on any atom is 0.258 e. The summed E-state index contributed by atoms with van der Waals surface area (Å²) >= 11 is 0. The van der Waals surface area contributed by atoms with Gasteiger partial charge in [0, 0.05) is 6.54 Å². The minimum absolute atomic E-state index is 0.0176. The topological polar surface area (TPSA) is 58.6 Å². The summed E-state index contributed by atoms with van der Waals surface area (Å²) in [4.78, 5) is 11.2. The molecule has 5 heteroatoms. The molecule has 0 spiro atoms. The standard InChI is InChI=1S/C12H14FNO3/c1-2-5-14-12(16)8-17-11-4-3-9(7-15)6-10(11)13/h2-4,6,15H,1,5,7-8H2,(H,14,16). The van der Waals surface area contributed by atoms with E-state index in [1.165, 1.54) is 18.2 Å². The van der Waals surface area contributed by atoms with Crippen molar-refractivity contribution < 1.29 is 19.0 Å². The molecule has 1 rings (SSSR count). The van der Waals surface area contributed by atoms with E-state index in [0.29, 0.717) is 12.1 Å². The molecule has 0 saturated carbocycles. The van der Waals surface area contributed by atoms with Crippen LogP contribution in [0.2, 0.25) is 0 Å². The average molecular weight is 239 g/mol. The van der Waals surface area contributed by atoms with Crippen molar-refractivity contribution in [2.45, 2.75) is 6.61 Å². The number of rotatable bonds is 6. The fraction of sp³-hybridized carbons (Fsp3) is 0.250. The van der Waals surface area contributed by atoms with Gasteiger partial charge in [0.05, 0.1) is 6.61 Å². The van der Waals surface area contributed by atoms with Crippen molar-refractivity contribution >= 4 is 5.91 Å². The summed E-state index contributed by atoms with van der Waals surface area (Å²) < 4.78 is 18.3. The van der Waals surface area contributed by atoms with Gasteiger partial charge in [-0.25, -0.2) is 4.39 Å². The number of hydrogen-bond acceptors (Lipinski definition) is 3. The summed E-state index contributed by atoms with van der Waals surface area (Å²) in [5.41, 5.74) is 0.450. The molecule has 0 radical (unpaired) electrons.